The minimum absolute atomic E-state index is 0.126. The van der Waals surface area contributed by atoms with Gasteiger partial charge in [0.15, 0.2) is 6.29 Å². The van der Waals surface area contributed by atoms with Crippen LogP contribution in [0, 0.1) is 27.7 Å². The van der Waals surface area contributed by atoms with Gasteiger partial charge in [0.25, 0.3) is 5.91 Å². The molecule has 0 bridgehead atoms. The second-order valence-corrected chi connectivity index (χ2v) is 10.6. The molecular formula is C24H29ClN2O6S. The zero-order valence-electron chi connectivity index (χ0n) is 20.1. The quantitative estimate of drug-likeness (QED) is 0.400. The highest BCUT2D eigenvalue weighted by molar-refractivity contribution is 7.89. The number of aryl methyl sites for hydroxylation is 2. The third-order valence-electron chi connectivity index (χ3n) is 6.27. The van der Waals surface area contributed by atoms with Crippen molar-refractivity contribution in [2.45, 2.75) is 51.3 Å². The third-order valence-corrected chi connectivity index (χ3v) is 8.68. The molecule has 1 unspecified atom stereocenters. The summed E-state index contributed by atoms with van der Waals surface area (Å²) in [4.78, 5) is 27.5. The molecule has 1 aliphatic rings. The monoisotopic (exact) mass is 508 g/mol. The van der Waals surface area contributed by atoms with Gasteiger partial charge < -0.3 is 9.47 Å². The summed E-state index contributed by atoms with van der Waals surface area (Å²) in [5.41, 5.74) is 3.13. The number of nitrogens with zero attached hydrogens (tertiary/aromatic N) is 2. The Balaban J connectivity index is 2.13. The van der Waals surface area contributed by atoms with E-state index in [0.29, 0.717) is 21.8 Å². The molecule has 1 atom stereocenters. The summed E-state index contributed by atoms with van der Waals surface area (Å²) in [6.07, 6.45) is -1.24. The summed E-state index contributed by atoms with van der Waals surface area (Å²) in [7, 11) is -1.46. The van der Waals surface area contributed by atoms with E-state index < -0.39 is 34.2 Å². The second-order valence-electron chi connectivity index (χ2n) is 8.33. The van der Waals surface area contributed by atoms with Gasteiger partial charge in [-0.15, -0.1) is 0 Å². The number of methoxy groups -OCH3 is 2. The van der Waals surface area contributed by atoms with Crippen molar-refractivity contribution in [1.29, 1.82) is 0 Å². The minimum Gasteiger partial charge on any atom is -0.354 e. The van der Waals surface area contributed by atoms with Crippen molar-refractivity contribution in [3.05, 3.63) is 57.6 Å². The van der Waals surface area contributed by atoms with Crippen molar-refractivity contribution >= 4 is 39.1 Å². The molecule has 0 radical (unpaired) electrons. The number of hydrogen-bond acceptors (Lipinski definition) is 6. The highest BCUT2D eigenvalue weighted by Gasteiger charge is 2.48. The third kappa shape index (κ3) is 4.76. The van der Waals surface area contributed by atoms with E-state index in [1.165, 1.54) is 14.2 Å². The first-order chi connectivity index (χ1) is 15.9. The average molecular weight is 509 g/mol. The maximum atomic E-state index is 14.1. The van der Waals surface area contributed by atoms with E-state index in [4.69, 9.17) is 21.1 Å². The molecule has 1 heterocycles. The summed E-state index contributed by atoms with van der Waals surface area (Å²) in [5, 5.41) is 0.451. The molecule has 2 aromatic carbocycles. The topological polar surface area (TPSA) is 93.2 Å². The number of sulfonamides is 1. The van der Waals surface area contributed by atoms with Crippen LogP contribution in [0.5, 0.6) is 0 Å². The highest BCUT2D eigenvalue weighted by atomic mass is 35.5. The van der Waals surface area contributed by atoms with Gasteiger partial charge in [0.2, 0.25) is 15.9 Å². The maximum Gasteiger partial charge on any atom is 0.252 e. The minimum atomic E-state index is -4.22. The number of hydrogen-bond donors (Lipinski definition) is 0. The van der Waals surface area contributed by atoms with E-state index in [-0.39, 0.29) is 17.9 Å². The van der Waals surface area contributed by atoms with Crippen LogP contribution in [0.25, 0.3) is 0 Å². The van der Waals surface area contributed by atoms with E-state index in [2.05, 4.69) is 0 Å². The Morgan fingerprint density at radius 1 is 1.03 bits per heavy atom. The fraction of sp³-hybridized carbons (Fsp3) is 0.417. The Morgan fingerprint density at radius 2 is 1.56 bits per heavy atom. The first kappa shape index (κ1) is 26.3. The van der Waals surface area contributed by atoms with E-state index in [1.54, 1.807) is 38.1 Å². The lowest BCUT2D eigenvalue weighted by Gasteiger charge is -2.31. The number of ether oxygens (including phenoxy) is 2. The molecule has 0 aromatic heterocycles. The first-order valence-corrected chi connectivity index (χ1v) is 12.5. The standard InChI is InChI=1S/C24H29ClN2O6S/c1-14-11-15(2)17(4)23(16(14)3)34(30,31)26(13-22(32-5)33-6)20-12-21(28)27(24(20)29)19-9-7-18(25)8-10-19/h7-11,20,22H,12-13H2,1-6H3. The molecule has 2 amide bonds. The smallest absolute Gasteiger partial charge is 0.252 e. The van der Waals surface area contributed by atoms with Gasteiger partial charge in [-0.05, 0) is 74.2 Å². The predicted octanol–water partition coefficient (Wildman–Crippen LogP) is 3.52. The number of carbonyl (C=O) groups excluding carboxylic acids is 2. The molecule has 1 fully saturated rings. The van der Waals surface area contributed by atoms with Crippen LogP contribution in [-0.2, 0) is 29.1 Å². The van der Waals surface area contributed by atoms with Crippen molar-refractivity contribution < 1.29 is 27.5 Å². The Labute approximate surface area is 205 Å². The Hall–Kier alpha value is -2.30. The van der Waals surface area contributed by atoms with Gasteiger partial charge in [-0.1, -0.05) is 17.7 Å². The van der Waals surface area contributed by atoms with Gasteiger partial charge in [-0.2, -0.15) is 4.31 Å². The average Bonchev–Trinajstić information content (AvgIpc) is 3.07. The molecule has 1 saturated heterocycles. The number of imide groups is 1. The maximum absolute atomic E-state index is 14.1. The molecule has 184 valence electrons. The van der Waals surface area contributed by atoms with Crippen LogP contribution in [0.2, 0.25) is 5.02 Å². The Kier molecular flexibility index (Phi) is 7.84. The number of carbonyl (C=O) groups is 2. The lowest BCUT2D eigenvalue weighted by Crippen LogP contribution is -2.49. The highest BCUT2D eigenvalue weighted by Crippen LogP contribution is 2.34. The van der Waals surface area contributed by atoms with E-state index >= 15 is 0 Å². The Morgan fingerprint density at radius 3 is 2.06 bits per heavy atom. The van der Waals surface area contributed by atoms with Crippen molar-refractivity contribution in [3.8, 4) is 0 Å². The van der Waals surface area contributed by atoms with Crippen molar-refractivity contribution in [2.24, 2.45) is 0 Å². The lowest BCUT2D eigenvalue weighted by atomic mass is 10.0. The van der Waals surface area contributed by atoms with Crippen LogP contribution >= 0.6 is 11.6 Å². The molecule has 8 nitrogen and oxygen atoms in total. The molecule has 10 heteroatoms. The normalized spacial score (nSPS) is 16.9. The second kappa shape index (κ2) is 10.1. The fourth-order valence-corrected chi connectivity index (χ4v) is 6.45. The SMILES string of the molecule is COC(CN(C1CC(=O)N(c2ccc(Cl)cc2)C1=O)S(=O)(=O)c1c(C)c(C)cc(C)c1C)OC. The molecule has 34 heavy (non-hydrogen) atoms. The van der Waals surface area contributed by atoms with Gasteiger partial charge in [0.1, 0.15) is 6.04 Å². The van der Waals surface area contributed by atoms with Crippen molar-refractivity contribution in [1.82, 2.24) is 4.31 Å². The van der Waals surface area contributed by atoms with Crippen LogP contribution in [0.1, 0.15) is 28.7 Å². The number of amides is 2. The zero-order valence-corrected chi connectivity index (χ0v) is 21.7. The van der Waals surface area contributed by atoms with E-state index in [9.17, 15) is 18.0 Å². The largest absolute Gasteiger partial charge is 0.354 e. The molecular weight excluding hydrogens is 480 g/mol. The van der Waals surface area contributed by atoms with Gasteiger partial charge in [0.05, 0.1) is 23.5 Å². The number of halogens is 1. The van der Waals surface area contributed by atoms with Crippen LogP contribution in [0.3, 0.4) is 0 Å². The van der Waals surface area contributed by atoms with Gasteiger partial charge in [0, 0.05) is 19.2 Å². The number of benzene rings is 2. The molecule has 0 spiro atoms. The summed E-state index contributed by atoms with van der Waals surface area (Å²) in [6, 6.07) is 6.89. The van der Waals surface area contributed by atoms with E-state index in [1.807, 2.05) is 19.9 Å². The first-order valence-electron chi connectivity index (χ1n) is 10.7. The molecule has 2 aromatic rings. The van der Waals surface area contributed by atoms with Gasteiger partial charge >= 0.3 is 0 Å². The van der Waals surface area contributed by atoms with Crippen molar-refractivity contribution in [3.63, 3.8) is 0 Å². The van der Waals surface area contributed by atoms with Crippen LogP contribution < -0.4 is 4.90 Å². The van der Waals surface area contributed by atoms with Gasteiger partial charge in [-0.3, -0.25) is 9.59 Å². The zero-order chi connectivity index (χ0) is 25.4. The Bertz CT molecular complexity index is 1180. The molecule has 0 saturated carbocycles. The summed E-state index contributed by atoms with van der Waals surface area (Å²) in [5.74, 6) is -1.14. The molecule has 0 aliphatic carbocycles. The van der Waals surface area contributed by atoms with E-state index in [0.717, 1.165) is 20.3 Å². The lowest BCUT2D eigenvalue weighted by molar-refractivity contribution is -0.125. The van der Waals surface area contributed by atoms with Crippen LogP contribution in [-0.4, -0.2) is 57.6 Å². The molecule has 0 N–H and O–H groups in total. The summed E-state index contributed by atoms with van der Waals surface area (Å²) >= 11 is 5.94. The predicted molar refractivity (Wildman–Crippen MR) is 129 cm³/mol. The van der Waals surface area contributed by atoms with Crippen LogP contribution in [0.4, 0.5) is 5.69 Å². The number of rotatable bonds is 8. The van der Waals surface area contributed by atoms with Crippen molar-refractivity contribution in [2.75, 3.05) is 25.7 Å². The molecule has 1 aliphatic heterocycles. The fourth-order valence-electron chi connectivity index (χ4n) is 4.17. The van der Waals surface area contributed by atoms with Gasteiger partial charge in [-0.25, -0.2) is 13.3 Å². The number of anilines is 1. The summed E-state index contributed by atoms with van der Waals surface area (Å²) < 4.78 is 39.7. The molecule has 3 rings (SSSR count). The summed E-state index contributed by atoms with van der Waals surface area (Å²) in [6.45, 7) is 6.88. The van der Waals surface area contributed by atoms with Crippen LogP contribution in [0.15, 0.2) is 35.2 Å².